The Bertz CT molecular complexity index is 1060. The van der Waals surface area contributed by atoms with Crippen LogP contribution >= 0.6 is 23.2 Å². The minimum atomic E-state index is -0.863. The van der Waals surface area contributed by atoms with Gasteiger partial charge in [-0.1, -0.05) is 23.2 Å². The van der Waals surface area contributed by atoms with E-state index in [1.165, 1.54) is 0 Å². The van der Waals surface area contributed by atoms with Gasteiger partial charge in [-0.2, -0.15) is 0 Å². The van der Waals surface area contributed by atoms with Gasteiger partial charge < -0.3 is 19.3 Å². The molecular formula is C21H22Cl2N4O3. The molecule has 7 nitrogen and oxygen atoms in total. The summed E-state index contributed by atoms with van der Waals surface area (Å²) in [5.41, 5.74) is 1.55. The van der Waals surface area contributed by atoms with E-state index in [9.17, 15) is 4.79 Å². The van der Waals surface area contributed by atoms with Crippen molar-refractivity contribution < 1.29 is 14.6 Å². The maximum atomic E-state index is 10.8. The molecule has 0 spiro atoms. The second kappa shape index (κ2) is 8.79. The summed E-state index contributed by atoms with van der Waals surface area (Å²) in [5.74, 6) is -0.0790. The van der Waals surface area contributed by atoms with Crippen LogP contribution in [0.3, 0.4) is 0 Å². The van der Waals surface area contributed by atoms with Gasteiger partial charge in [0.1, 0.15) is 5.82 Å². The Hall–Kier alpha value is -2.35. The Labute approximate surface area is 184 Å². The number of pyridine rings is 1. The third-order valence-corrected chi connectivity index (χ3v) is 6.25. The van der Waals surface area contributed by atoms with Crippen LogP contribution in [0.1, 0.15) is 26.2 Å². The molecule has 0 saturated carbocycles. The Morgan fingerprint density at radius 2 is 2.23 bits per heavy atom. The number of hydrogen-bond acceptors (Lipinski definition) is 5. The smallest absolute Gasteiger partial charge is 0.305 e. The molecule has 1 N–H and O–H groups in total. The van der Waals surface area contributed by atoms with Crippen LogP contribution in [0.2, 0.25) is 10.0 Å². The monoisotopic (exact) mass is 448 g/mol. The number of carboxylic acids is 1. The minimum Gasteiger partial charge on any atom is -0.481 e. The van der Waals surface area contributed by atoms with Gasteiger partial charge in [-0.3, -0.25) is 4.79 Å². The maximum Gasteiger partial charge on any atom is 0.305 e. The molecule has 1 aliphatic rings. The van der Waals surface area contributed by atoms with E-state index in [4.69, 9.17) is 38.0 Å². The van der Waals surface area contributed by atoms with Crippen molar-refractivity contribution in [3.05, 3.63) is 47.0 Å². The summed E-state index contributed by atoms with van der Waals surface area (Å²) in [6.45, 7) is 3.00. The number of imidazole rings is 1. The average molecular weight is 449 g/mol. The molecule has 2 aromatic heterocycles. The number of fused-ring (bicyclic) bond motifs is 1. The highest BCUT2D eigenvalue weighted by molar-refractivity contribution is 6.45. The second-order valence-electron chi connectivity index (χ2n) is 7.35. The second-order valence-corrected chi connectivity index (χ2v) is 8.13. The average Bonchev–Trinajstić information content (AvgIpc) is 3.42. The Morgan fingerprint density at radius 3 is 2.97 bits per heavy atom. The van der Waals surface area contributed by atoms with Crippen molar-refractivity contribution in [3.63, 3.8) is 0 Å². The number of ether oxygens (including phenoxy) is 1. The lowest BCUT2D eigenvalue weighted by molar-refractivity contribution is -0.138. The number of rotatable bonds is 7. The molecule has 1 aliphatic heterocycles. The quantitative estimate of drug-likeness (QED) is 0.569. The normalized spacial score (nSPS) is 17.6. The first-order valence-electron chi connectivity index (χ1n) is 9.83. The van der Waals surface area contributed by atoms with Crippen molar-refractivity contribution in [2.75, 3.05) is 18.1 Å². The summed E-state index contributed by atoms with van der Waals surface area (Å²) in [6, 6.07) is 5.80. The molecule has 0 bridgehead atoms. The molecule has 9 heteroatoms. The van der Waals surface area contributed by atoms with Crippen LogP contribution in [-0.2, 0) is 9.53 Å². The number of anilines is 1. The lowest BCUT2D eigenvalue weighted by Crippen LogP contribution is -2.39. The summed E-state index contributed by atoms with van der Waals surface area (Å²) in [7, 11) is 0. The van der Waals surface area contributed by atoms with Gasteiger partial charge in [-0.25, -0.2) is 9.97 Å². The van der Waals surface area contributed by atoms with Gasteiger partial charge in [-0.05, 0) is 31.9 Å². The van der Waals surface area contributed by atoms with Gasteiger partial charge in [0.2, 0.25) is 0 Å². The predicted octanol–water partition coefficient (Wildman–Crippen LogP) is 4.58. The zero-order chi connectivity index (χ0) is 21.3. The van der Waals surface area contributed by atoms with E-state index in [1.807, 2.05) is 29.8 Å². The first-order chi connectivity index (χ1) is 14.5. The van der Waals surface area contributed by atoms with Gasteiger partial charge in [0.15, 0.2) is 0 Å². The van der Waals surface area contributed by atoms with E-state index in [1.54, 1.807) is 18.6 Å². The summed E-state index contributed by atoms with van der Waals surface area (Å²) in [4.78, 5) is 22.0. The molecule has 0 aliphatic carbocycles. The molecule has 1 fully saturated rings. The molecule has 0 amide bonds. The van der Waals surface area contributed by atoms with Gasteiger partial charge in [-0.15, -0.1) is 0 Å². The number of aliphatic carboxylic acids is 1. The minimum absolute atomic E-state index is 0.00975. The topological polar surface area (TPSA) is 80.5 Å². The van der Waals surface area contributed by atoms with Crippen LogP contribution < -0.4 is 4.90 Å². The Balaban J connectivity index is 1.73. The van der Waals surface area contributed by atoms with Gasteiger partial charge in [0.25, 0.3) is 0 Å². The Kier molecular flexibility index (Phi) is 6.13. The third kappa shape index (κ3) is 4.10. The largest absolute Gasteiger partial charge is 0.481 e. The van der Waals surface area contributed by atoms with Crippen LogP contribution in [0.25, 0.3) is 16.6 Å². The Morgan fingerprint density at radius 1 is 1.40 bits per heavy atom. The number of halogens is 2. The number of aromatic nitrogens is 3. The van der Waals surface area contributed by atoms with Crippen molar-refractivity contribution in [3.8, 4) is 5.69 Å². The van der Waals surface area contributed by atoms with E-state index < -0.39 is 5.97 Å². The highest BCUT2D eigenvalue weighted by Crippen LogP contribution is 2.36. The lowest BCUT2D eigenvalue weighted by atomic mass is 10.1. The van der Waals surface area contributed by atoms with E-state index in [2.05, 4.69) is 9.88 Å². The number of carboxylic acid groups (broad SMARTS) is 1. The van der Waals surface area contributed by atoms with E-state index >= 15 is 0 Å². The molecule has 1 saturated heterocycles. The van der Waals surface area contributed by atoms with Crippen molar-refractivity contribution >= 4 is 45.9 Å². The molecule has 0 unspecified atom stereocenters. The fraction of sp³-hybridized carbons (Fsp3) is 0.381. The lowest BCUT2D eigenvalue weighted by Gasteiger charge is -2.31. The summed E-state index contributed by atoms with van der Waals surface area (Å²) < 4.78 is 7.73. The van der Waals surface area contributed by atoms with Gasteiger partial charge in [0, 0.05) is 30.4 Å². The molecule has 3 aromatic rings. The molecule has 158 valence electrons. The summed E-state index contributed by atoms with van der Waals surface area (Å²) in [6.07, 6.45) is 7.14. The summed E-state index contributed by atoms with van der Waals surface area (Å²) in [5, 5.41) is 10.6. The highest BCUT2D eigenvalue weighted by Gasteiger charge is 2.31. The van der Waals surface area contributed by atoms with Crippen LogP contribution in [0, 0.1) is 0 Å². The highest BCUT2D eigenvalue weighted by atomic mass is 35.5. The van der Waals surface area contributed by atoms with Gasteiger partial charge in [0.05, 0.1) is 52.8 Å². The molecule has 30 heavy (non-hydrogen) atoms. The number of hydrogen-bond donors (Lipinski definition) is 1. The van der Waals surface area contributed by atoms with Crippen molar-refractivity contribution in [2.45, 2.75) is 38.3 Å². The van der Waals surface area contributed by atoms with E-state index in [-0.39, 0.29) is 25.2 Å². The number of benzene rings is 1. The molecule has 2 atom stereocenters. The van der Waals surface area contributed by atoms with Gasteiger partial charge >= 0.3 is 5.97 Å². The molecule has 1 aromatic carbocycles. The first-order valence-corrected chi connectivity index (χ1v) is 10.6. The molecule has 4 rings (SSSR count). The standard InChI is InChI=1S/C21H22Cl2N4O3/c1-13(30-10-6-19(28)29)16-3-2-8-27(16)18-11-17(26-9-7-24-12-26)14-4-5-15(22)20(23)21(14)25-18/h4-5,7,9,11-13,16H,2-3,6,8,10H2,1H3,(H,28,29)/t13-,16+/m1/s1. The fourth-order valence-electron chi connectivity index (χ4n) is 3.97. The molecule has 3 heterocycles. The number of nitrogens with zero attached hydrogens (tertiary/aromatic N) is 4. The van der Waals surface area contributed by atoms with Crippen molar-refractivity contribution in [1.82, 2.24) is 14.5 Å². The zero-order valence-corrected chi connectivity index (χ0v) is 18.0. The number of carbonyl (C=O) groups is 1. The van der Waals surface area contributed by atoms with E-state index in [0.29, 0.717) is 15.6 Å². The fourth-order valence-corrected chi connectivity index (χ4v) is 4.33. The molecular weight excluding hydrogens is 427 g/mol. The zero-order valence-electron chi connectivity index (χ0n) is 16.5. The maximum absolute atomic E-state index is 10.8. The molecule has 0 radical (unpaired) electrons. The third-order valence-electron chi connectivity index (χ3n) is 5.45. The van der Waals surface area contributed by atoms with Crippen LogP contribution in [-0.4, -0.2) is 50.9 Å². The van der Waals surface area contributed by atoms with Crippen LogP contribution in [0.15, 0.2) is 36.9 Å². The van der Waals surface area contributed by atoms with Crippen molar-refractivity contribution in [2.24, 2.45) is 0 Å². The van der Waals surface area contributed by atoms with Crippen molar-refractivity contribution in [1.29, 1.82) is 0 Å². The van der Waals surface area contributed by atoms with Crippen LogP contribution in [0.4, 0.5) is 5.82 Å². The first kappa shape index (κ1) is 20.9. The summed E-state index contributed by atoms with van der Waals surface area (Å²) >= 11 is 12.8. The predicted molar refractivity (Wildman–Crippen MR) is 117 cm³/mol. The SMILES string of the molecule is C[C@@H](OCCC(=O)O)[C@@H]1CCCN1c1cc(-n2ccnc2)c2ccc(Cl)c(Cl)c2n1. The van der Waals surface area contributed by atoms with E-state index in [0.717, 1.165) is 36.3 Å². The van der Waals surface area contributed by atoms with Crippen LogP contribution in [0.5, 0.6) is 0 Å².